The van der Waals surface area contributed by atoms with Gasteiger partial charge >= 0.3 is 5.97 Å². The molecule has 2 heterocycles. The first-order valence-corrected chi connectivity index (χ1v) is 8.45. The average molecular weight is 316 g/mol. The SMILES string of the molecule is COC(=O)c1sc(N2CCC(C)(O)CC2)c(SC)c1N. The van der Waals surface area contributed by atoms with Gasteiger partial charge in [-0.3, -0.25) is 0 Å². The summed E-state index contributed by atoms with van der Waals surface area (Å²) in [5.74, 6) is -0.391. The minimum Gasteiger partial charge on any atom is -0.465 e. The monoisotopic (exact) mass is 316 g/mol. The summed E-state index contributed by atoms with van der Waals surface area (Å²) in [7, 11) is 1.36. The van der Waals surface area contributed by atoms with Crippen molar-refractivity contribution >= 4 is 39.8 Å². The van der Waals surface area contributed by atoms with E-state index in [0.29, 0.717) is 23.4 Å². The van der Waals surface area contributed by atoms with Crippen LogP contribution in [0.4, 0.5) is 10.7 Å². The number of anilines is 2. The molecule has 0 atom stereocenters. The summed E-state index contributed by atoms with van der Waals surface area (Å²) in [5, 5.41) is 11.0. The Morgan fingerprint density at radius 1 is 1.50 bits per heavy atom. The van der Waals surface area contributed by atoms with E-state index in [9.17, 15) is 9.90 Å². The second-order valence-electron chi connectivity index (χ2n) is 5.16. The van der Waals surface area contributed by atoms with Crippen LogP contribution in [0.3, 0.4) is 0 Å². The third-order valence-corrected chi connectivity index (χ3v) is 5.78. The largest absolute Gasteiger partial charge is 0.465 e. The van der Waals surface area contributed by atoms with Gasteiger partial charge in [-0.25, -0.2) is 4.79 Å². The summed E-state index contributed by atoms with van der Waals surface area (Å²) in [4.78, 5) is 15.3. The first-order valence-electron chi connectivity index (χ1n) is 6.41. The molecule has 1 aromatic rings. The molecule has 1 aliphatic rings. The molecule has 0 aromatic carbocycles. The highest BCUT2D eigenvalue weighted by Crippen LogP contribution is 2.45. The maximum Gasteiger partial charge on any atom is 0.350 e. The number of carbonyl (C=O) groups excluding carboxylic acids is 1. The third kappa shape index (κ3) is 2.89. The predicted octanol–water partition coefficient (Wildman–Crippen LogP) is 2.19. The lowest BCUT2D eigenvalue weighted by Gasteiger charge is -2.36. The number of aliphatic hydroxyl groups is 1. The van der Waals surface area contributed by atoms with Gasteiger partial charge < -0.3 is 20.5 Å². The first kappa shape index (κ1) is 15.5. The lowest BCUT2D eigenvalue weighted by Crippen LogP contribution is -2.42. The Balaban J connectivity index is 2.30. The third-order valence-electron chi connectivity index (χ3n) is 3.58. The summed E-state index contributed by atoms with van der Waals surface area (Å²) < 4.78 is 4.77. The Kier molecular flexibility index (Phi) is 4.51. The van der Waals surface area contributed by atoms with Crippen LogP contribution < -0.4 is 10.6 Å². The van der Waals surface area contributed by atoms with Crippen LogP contribution in [-0.4, -0.2) is 43.1 Å². The number of hydrogen-bond acceptors (Lipinski definition) is 7. The summed E-state index contributed by atoms with van der Waals surface area (Å²) in [6.07, 6.45) is 3.38. The predicted molar refractivity (Wildman–Crippen MR) is 83.9 cm³/mol. The summed E-state index contributed by atoms with van der Waals surface area (Å²) in [5.41, 5.74) is 5.97. The second-order valence-corrected chi connectivity index (χ2v) is 6.97. The molecule has 1 saturated heterocycles. The molecule has 0 radical (unpaired) electrons. The molecule has 0 bridgehead atoms. The Hall–Kier alpha value is -0.920. The number of methoxy groups -OCH3 is 1. The van der Waals surface area contributed by atoms with Crippen LogP contribution in [0.15, 0.2) is 4.90 Å². The molecule has 1 aliphatic heterocycles. The number of carbonyl (C=O) groups is 1. The molecule has 112 valence electrons. The van der Waals surface area contributed by atoms with E-state index >= 15 is 0 Å². The molecule has 0 saturated carbocycles. The van der Waals surface area contributed by atoms with Crippen LogP contribution in [0.2, 0.25) is 0 Å². The van der Waals surface area contributed by atoms with Crippen molar-refractivity contribution in [3.8, 4) is 0 Å². The molecule has 3 N–H and O–H groups in total. The van der Waals surface area contributed by atoms with Crippen molar-refractivity contribution in [1.29, 1.82) is 0 Å². The Morgan fingerprint density at radius 2 is 2.10 bits per heavy atom. The molecular weight excluding hydrogens is 296 g/mol. The van der Waals surface area contributed by atoms with E-state index in [4.69, 9.17) is 10.5 Å². The second kappa shape index (κ2) is 5.83. The zero-order valence-corrected chi connectivity index (χ0v) is 13.6. The summed E-state index contributed by atoms with van der Waals surface area (Å²) in [6.45, 7) is 3.39. The van der Waals surface area contributed by atoms with E-state index in [0.717, 1.165) is 23.0 Å². The fourth-order valence-corrected chi connectivity index (χ4v) is 4.41. The van der Waals surface area contributed by atoms with Gasteiger partial charge in [0.15, 0.2) is 0 Å². The highest BCUT2D eigenvalue weighted by Gasteiger charge is 2.31. The minimum absolute atomic E-state index is 0.391. The lowest BCUT2D eigenvalue weighted by molar-refractivity contribution is 0.0351. The lowest BCUT2D eigenvalue weighted by atomic mass is 9.94. The van der Waals surface area contributed by atoms with E-state index in [1.54, 1.807) is 0 Å². The van der Waals surface area contributed by atoms with Crippen LogP contribution in [0, 0.1) is 0 Å². The number of esters is 1. The van der Waals surface area contributed by atoms with Crippen molar-refractivity contribution in [3.05, 3.63) is 4.88 Å². The van der Waals surface area contributed by atoms with Crippen LogP contribution in [0.5, 0.6) is 0 Å². The fourth-order valence-electron chi connectivity index (χ4n) is 2.26. The normalized spacial score (nSPS) is 18.1. The van der Waals surface area contributed by atoms with Gasteiger partial charge in [-0.15, -0.1) is 23.1 Å². The smallest absolute Gasteiger partial charge is 0.350 e. The van der Waals surface area contributed by atoms with Crippen LogP contribution in [-0.2, 0) is 4.74 Å². The molecule has 1 fully saturated rings. The number of rotatable bonds is 3. The number of ether oxygens (including phenoxy) is 1. The number of nitrogens with zero attached hydrogens (tertiary/aromatic N) is 1. The molecule has 20 heavy (non-hydrogen) atoms. The molecule has 0 amide bonds. The van der Waals surface area contributed by atoms with E-state index in [-0.39, 0.29) is 0 Å². The van der Waals surface area contributed by atoms with Gasteiger partial charge in [0, 0.05) is 13.1 Å². The number of nitrogens with two attached hydrogens (primary N) is 1. The highest BCUT2D eigenvalue weighted by atomic mass is 32.2. The van der Waals surface area contributed by atoms with Crippen molar-refractivity contribution in [1.82, 2.24) is 0 Å². The molecular formula is C13H20N2O3S2. The zero-order chi connectivity index (χ0) is 14.9. The topological polar surface area (TPSA) is 75.8 Å². The van der Waals surface area contributed by atoms with Gasteiger partial charge in [-0.05, 0) is 26.0 Å². The van der Waals surface area contributed by atoms with Crippen molar-refractivity contribution < 1.29 is 14.6 Å². The van der Waals surface area contributed by atoms with Gasteiger partial charge in [0.1, 0.15) is 9.88 Å². The Labute approximate surface area is 127 Å². The van der Waals surface area contributed by atoms with Gasteiger partial charge in [-0.2, -0.15) is 0 Å². The number of thioether (sulfide) groups is 1. The quantitative estimate of drug-likeness (QED) is 0.657. The summed E-state index contributed by atoms with van der Waals surface area (Å²) >= 11 is 2.91. The van der Waals surface area contributed by atoms with Gasteiger partial charge in [0.2, 0.25) is 0 Å². The van der Waals surface area contributed by atoms with Crippen LogP contribution in [0.1, 0.15) is 29.4 Å². The summed E-state index contributed by atoms with van der Waals surface area (Å²) in [6, 6.07) is 0. The molecule has 7 heteroatoms. The molecule has 0 aliphatic carbocycles. The van der Waals surface area contributed by atoms with Crippen molar-refractivity contribution in [2.45, 2.75) is 30.3 Å². The van der Waals surface area contributed by atoms with E-state index in [1.807, 2.05) is 13.2 Å². The van der Waals surface area contributed by atoms with Crippen molar-refractivity contribution in [2.75, 3.05) is 37.1 Å². The molecule has 0 unspecified atom stereocenters. The minimum atomic E-state index is -0.593. The molecule has 2 rings (SSSR count). The van der Waals surface area contributed by atoms with Gasteiger partial charge in [0.05, 0.1) is 23.3 Å². The Bertz CT molecular complexity index is 504. The van der Waals surface area contributed by atoms with E-state index in [1.165, 1.54) is 30.2 Å². The van der Waals surface area contributed by atoms with Crippen LogP contribution >= 0.6 is 23.1 Å². The maximum absolute atomic E-state index is 11.7. The number of piperidine rings is 1. The van der Waals surface area contributed by atoms with Gasteiger partial charge in [0.25, 0.3) is 0 Å². The zero-order valence-electron chi connectivity index (χ0n) is 11.9. The van der Waals surface area contributed by atoms with E-state index in [2.05, 4.69) is 4.90 Å². The first-order chi connectivity index (χ1) is 9.39. The molecule has 1 aromatic heterocycles. The number of thiophene rings is 1. The van der Waals surface area contributed by atoms with Crippen molar-refractivity contribution in [2.24, 2.45) is 0 Å². The van der Waals surface area contributed by atoms with Crippen LogP contribution in [0.25, 0.3) is 0 Å². The van der Waals surface area contributed by atoms with Gasteiger partial charge in [-0.1, -0.05) is 0 Å². The van der Waals surface area contributed by atoms with Crippen molar-refractivity contribution in [3.63, 3.8) is 0 Å². The Morgan fingerprint density at radius 3 is 2.60 bits per heavy atom. The highest BCUT2D eigenvalue weighted by molar-refractivity contribution is 7.99. The fraction of sp³-hybridized carbons (Fsp3) is 0.615. The number of hydrogen-bond donors (Lipinski definition) is 2. The van der Waals surface area contributed by atoms with E-state index < -0.39 is 11.6 Å². The standard InChI is InChI=1S/C13H20N2O3S2/c1-13(17)4-6-15(7-5-13)11-9(19-3)8(14)10(20-11)12(16)18-2/h17H,4-7,14H2,1-3H3. The molecule has 5 nitrogen and oxygen atoms in total. The maximum atomic E-state index is 11.7. The average Bonchev–Trinajstić information content (AvgIpc) is 2.75. The molecule has 0 spiro atoms. The number of nitrogen functional groups attached to an aromatic ring is 1.